The first-order valence-corrected chi connectivity index (χ1v) is 7.35. The van der Waals surface area contributed by atoms with Crippen molar-refractivity contribution in [3.63, 3.8) is 0 Å². The van der Waals surface area contributed by atoms with Crippen molar-refractivity contribution in [2.75, 3.05) is 0 Å². The third-order valence-electron chi connectivity index (χ3n) is 3.50. The molecule has 7 nitrogen and oxygen atoms in total. The van der Waals surface area contributed by atoms with Crippen molar-refractivity contribution in [1.82, 2.24) is 24.9 Å². The topological polar surface area (TPSA) is 81.8 Å². The third-order valence-corrected chi connectivity index (χ3v) is 3.50. The quantitative estimate of drug-likeness (QED) is 0.696. The second-order valence-electron chi connectivity index (χ2n) is 5.14. The van der Waals surface area contributed by atoms with Gasteiger partial charge in [-0.3, -0.25) is 14.3 Å². The second kappa shape index (κ2) is 6.79. The molecule has 7 heteroatoms. The van der Waals surface area contributed by atoms with E-state index in [9.17, 15) is 9.59 Å². The minimum absolute atomic E-state index is 0.0813. The number of amides is 1. The van der Waals surface area contributed by atoms with E-state index in [0.717, 1.165) is 0 Å². The van der Waals surface area contributed by atoms with Gasteiger partial charge in [0.2, 0.25) is 5.91 Å². The molecule has 0 aliphatic carbocycles. The number of hydrogen-bond acceptors (Lipinski definition) is 4. The van der Waals surface area contributed by atoms with Crippen LogP contribution in [0.25, 0.3) is 10.8 Å². The zero-order valence-electron chi connectivity index (χ0n) is 12.8. The van der Waals surface area contributed by atoms with Crippen molar-refractivity contribution in [2.24, 2.45) is 0 Å². The van der Waals surface area contributed by atoms with Crippen LogP contribution < -0.4 is 10.9 Å². The monoisotopic (exact) mass is 321 g/mol. The maximum Gasteiger partial charge on any atom is 0.275 e. The molecule has 0 fully saturated rings. The lowest BCUT2D eigenvalue weighted by molar-refractivity contribution is -0.122. The molecule has 2 aromatic heterocycles. The van der Waals surface area contributed by atoms with Crippen LogP contribution in [0.4, 0.5) is 0 Å². The maximum absolute atomic E-state index is 12.3. The minimum Gasteiger partial charge on any atom is -0.349 e. The van der Waals surface area contributed by atoms with Crippen LogP contribution in [-0.2, 0) is 24.4 Å². The number of aromatic nitrogens is 4. The summed E-state index contributed by atoms with van der Waals surface area (Å²) in [5, 5.41) is 12.3. The van der Waals surface area contributed by atoms with E-state index in [1.807, 2.05) is 6.07 Å². The summed E-state index contributed by atoms with van der Waals surface area (Å²) in [5.41, 5.74) is 0.351. The van der Waals surface area contributed by atoms with Gasteiger partial charge in [0, 0.05) is 17.8 Å². The summed E-state index contributed by atoms with van der Waals surface area (Å²) in [4.78, 5) is 24.3. The Balaban J connectivity index is 1.86. The number of terminal acetylenes is 1. The van der Waals surface area contributed by atoms with Gasteiger partial charge in [-0.15, -0.1) is 6.42 Å². The van der Waals surface area contributed by atoms with Gasteiger partial charge in [-0.2, -0.15) is 10.2 Å². The predicted molar refractivity (Wildman–Crippen MR) is 88.9 cm³/mol. The number of hydrogen-bond donors (Lipinski definition) is 1. The van der Waals surface area contributed by atoms with Crippen molar-refractivity contribution < 1.29 is 4.79 Å². The van der Waals surface area contributed by atoms with Gasteiger partial charge in [-0.25, -0.2) is 4.68 Å². The van der Waals surface area contributed by atoms with Crippen LogP contribution >= 0.6 is 0 Å². The first-order valence-electron chi connectivity index (χ1n) is 7.35. The number of carbonyl (C=O) groups is 1. The van der Waals surface area contributed by atoms with Crippen LogP contribution in [0.15, 0.2) is 47.5 Å². The predicted octanol–water partition coefficient (Wildman–Crippen LogP) is 0.543. The molecule has 0 radical (unpaired) electrons. The molecule has 24 heavy (non-hydrogen) atoms. The van der Waals surface area contributed by atoms with E-state index in [1.165, 1.54) is 9.36 Å². The Morgan fingerprint density at radius 1 is 1.25 bits per heavy atom. The average Bonchev–Trinajstić information content (AvgIpc) is 3.09. The molecule has 3 aromatic rings. The number of benzene rings is 1. The molecule has 3 rings (SSSR count). The summed E-state index contributed by atoms with van der Waals surface area (Å²) in [7, 11) is 0. The molecule has 0 aliphatic rings. The summed E-state index contributed by atoms with van der Waals surface area (Å²) in [5.74, 6) is 2.22. The van der Waals surface area contributed by atoms with Gasteiger partial charge in [-0.1, -0.05) is 24.1 Å². The largest absolute Gasteiger partial charge is 0.349 e. The van der Waals surface area contributed by atoms with Gasteiger partial charge < -0.3 is 5.32 Å². The van der Waals surface area contributed by atoms with E-state index in [0.29, 0.717) is 16.5 Å². The highest BCUT2D eigenvalue weighted by molar-refractivity contribution is 5.84. The van der Waals surface area contributed by atoms with Gasteiger partial charge in [0.05, 0.1) is 17.6 Å². The summed E-state index contributed by atoms with van der Waals surface area (Å²) < 4.78 is 2.76. The molecule has 0 atom stereocenters. The van der Waals surface area contributed by atoms with E-state index in [1.54, 1.807) is 36.7 Å². The maximum atomic E-state index is 12.3. The van der Waals surface area contributed by atoms with Crippen LogP contribution in [-0.4, -0.2) is 25.5 Å². The average molecular weight is 321 g/mol. The lowest BCUT2D eigenvalue weighted by Gasteiger charge is -2.10. The molecule has 0 spiro atoms. The Morgan fingerprint density at radius 3 is 2.75 bits per heavy atom. The zero-order chi connectivity index (χ0) is 16.9. The van der Waals surface area contributed by atoms with Gasteiger partial charge in [0.15, 0.2) is 0 Å². The molecule has 1 N–H and O–H groups in total. The van der Waals surface area contributed by atoms with Gasteiger partial charge in [-0.05, 0) is 12.1 Å². The van der Waals surface area contributed by atoms with Crippen LogP contribution in [0.2, 0.25) is 0 Å². The highest BCUT2D eigenvalue weighted by Crippen LogP contribution is 2.13. The van der Waals surface area contributed by atoms with Crippen LogP contribution in [0.3, 0.4) is 0 Å². The Bertz CT molecular complexity index is 967. The minimum atomic E-state index is -0.241. The van der Waals surface area contributed by atoms with E-state index < -0.39 is 0 Å². The number of carbonyl (C=O) groups excluding carboxylic acids is 1. The Labute approximate surface area is 137 Å². The van der Waals surface area contributed by atoms with Crippen molar-refractivity contribution in [1.29, 1.82) is 0 Å². The number of fused-ring (bicyclic) bond motifs is 1. The highest BCUT2D eigenvalue weighted by Gasteiger charge is 2.11. The van der Waals surface area contributed by atoms with Crippen molar-refractivity contribution >= 4 is 16.7 Å². The van der Waals surface area contributed by atoms with Gasteiger partial charge >= 0.3 is 0 Å². The Hall–Kier alpha value is -3.40. The summed E-state index contributed by atoms with van der Waals surface area (Å²) in [6.07, 6.45) is 8.61. The molecule has 0 bridgehead atoms. The number of rotatable bonds is 5. The highest BCUT2D eigenvalue weighted by atomic mass is 16.2. The first-order chi connectivity index (χ1) is 11.7. The normalized spacial score (nSPS) is 10.5. The molecule has 120 valence electrons. The molecule has 0 saturated heterocycles. The zero-order valence-corrected chi connectivity index (χ0v) is 12.8. The van der Waals surface area contributed by atoms with Crippen molar-refractivity contribution in [2.45, 2.75) is 19.6 Å². The molecular weight excluding hydrogens is 306 g/mol. The van der Waals surface area contributed by atoms with E-state index in [2.05, 4.69) is 21.4 Å². The van der Waals surface area contributed by atoms with Crippen LogP contribution in [0.5, 0.6) is 0 Å². The Morgan fingerprint density at radius 2 is 2.04 bits per heavy atom. The van der Waals surface area contributed by atoms with Crippen molar-refractivity contribution in [3.05, 3.63) is 58.8 Å². The van der Waals surface area contributed by atoms with Crippen molar-refractivity contribution in [3.8, 4) is 12.3 Å². The fourth-order valence-electron chi connectivity index (χ4n) is 2.41. The standard InChI is InChI=1S/C17H15N5O2/c1-2-9-22-17(24)14-7-4-3-6-13(14)15(20-22)11-18-16(23)12-21-10-5-8-19-21/h1,3-8,10H,9,11-12H2,(H,18,23). The molecule has 2 heterocycles. The molecule has 1 aromatic carbocycles. The number of nitrogens with one attached hydrogen (secondary N) is 1. The van der Waals surface area contributed by atoms with E-state index >= 15 is 0 Å². The summed E-state index contributed by atoms with van der Waals surface area (Å²) in [6, 6.07) is 8.88. The summed E-state index contributed by atoms with van der Waals surface area (Å²) >= 11 is 0. The first kappa shape index (κ1) is 15.5. The molecular formula is C17H15N5O2. The Kier molecular flexibility index (Phi) is 4.38. The molecule has 0 aliphatic heterocycles. The fraction of sp³-hybridized carbons (Fsp3) is 0.176. The van der Waals surface area contributed by atoms with Crippen LogP contribution in [0, 0.1) is 12.3 Å². The van der Waals surface area contributed by atoms with E-state index in [-0.39, 0.29) is 31.1 Å². The molecule has 1 amide bonds. The lowest BCUT2D eigenvalue weighted by atomic mass is 10.1. The molecule has 0 unspecified atom stereocenters. The number of nitrogens with zero attached hydrogens (tertiary/aromatic N) is 4. The van der Waals surface area contributed by atoms with Crippen LogP contribution in [0.1, 0.15) is 5.69 Å². The third kappa shape index (κ3) is 3.17. The SMILES string of the molecule is C#CCn1nc(CNC(=O)Cn2cccn2)c2ccccc2c1=O. The van der Waals surface area contributed by atoms with E-state index in [4.69, 9.17) is 6.42 Å². The smallest absolute Gasteiger partial charge is 0.275 e. The summed E-state index contributed by atoms with van der Waals surface area (Å²) in [6.45, 7) is 0.401. The fourth-order valence-corrected chi connectivity index (χ4v) is 2.41. The van der Waals surface area contributed by atoms with Gasteiger partial charge in [0.25, 0.3) is 5.56 Å². The molecule has 0 saturated carbocycles. The van der Waals surface area contributed by atoms with Gasteiger partial charge in [0.1, 0.15) is 13.1 Å². The lowest BCUT2D eigenvalue weighted by Crippen LogP contribution is -2.30. The second-order valence-corrected chi connectivity index (χ2v) is 5.14.